The molecule has 1 rings (SSSR count). The van der Waals surface area contributed by atoms with E-state index in [9.17, 15) is 9.59 Å². The van der Waals surface area contributed by atoms with Gasteiger partial charge in [-0.3, -0.25) is 4.79 Å². The fraction of sp³-hybridized carbons (Fsp3) is 0.529. The predicted octanol–water partition coefficient (Wildman–Crippen LogP) is 2.48. The van der Waals surface area contributed by atoms with Crippen LogP contribution in [0.25, 0.3) is 0 Å². The monoisotopic (exact) mass is 321 g/mol. The second kappa shape index (κ2) is 8.41. The van der Waals surface area contributed by atoms with Gasteiger partial charge in [-0.2, -0.15) is 0 Å². The van der Waals surface area contributed by atoms with Crippen molar-refractivity contribution in [2.75, 3.05) is 18.8 Å². The maximum Gasteiger partial charge on any atom is 0.407 e. The van der Waals surface area contributed by atoms with Gasteiger partial charge >= 0.3 is 6.09 Å². The second-order valence-corrected chi connectivity index (χ2v) is 6.31. The minimum absolute atomic E-state index is 0.126. The summed E-state index contributed by atoms with van der Waals surface area (Å²) in [6.07, 6.45) is 0.922. The molecule has 1 aromatic carbocycles. The van der Waals surface area contributed by atoms with Gasteiger partial charge in [-0.15, -0.1) is 0 Å². The Morgan fingerprint density at radius 2 is 1.83 bits per heavy atom. The molecule has 0 bridgehead atoms. The van der Waals surface area contributed by atoms with Crippen LogP contribution >= 0.6 is 0 Å². The zero-order valence-corrected chi connectivity index (χ0v) is 14.4. The van der Waals surface area contributed by atoms with Gasteiger partial charge in [-0.05, 0) is 57.4 Å². The number of hydrogen-bond donors (Lipinski definition) is 3. The van der Waals surface area contributed by atoms with Gasteiger partial charge in [0.25, 0.3) is 5.91 Å². The fourth-order valence-electron chi connectivity index (χ4n) is 2.02. The lowest BCUT2D eigenvalue weighted by Crippen LogP contribution is -2.34. The molecule has 6 heteroatoms. The molecular formula is C17H27N3O3. The Bertz CT molecular complexity index is 551. The first kappa shape index (κ1) is 18.8. The van der Waals surface area contributed by atoms with E-state index in [1.807, 2.05) is 33.8 Å². The van der Waals surface area contributed by atoms with Crippen LogP contribution in [-0.4, -0.2) is 30.7 Å². The number of hydrogen-bond acceptors (Lipinski definition) is 4. The fourth-order valence-corrected chi connectivity index (χ4v) is 2.02. The maximum absolute atomic E-state index is 12.2. The molecule has 0 aliphatic rings. The topological polar surface area (TPSA) is 93.5 Å². The zero-order chi connectivity index (χ0) is 17.5. The van der Waals surface area contributed by atoms with Gasteiger partial charge in [0.2, 0.25) is 0 Å². The minimum atomic E-state index is -0.510. The average molecular weight is 321 g/mol. The Balaban J connectivity index is 2.34. The van der Waals surface area contributed by atoms with E-state index < -0.39 is 11.7 Å². The summed E-state index contributed by atoms with van der Waals surface area (Å²) in [5.74, 6) is -0.126. The van der Waals surface area contributed by atoms with Crippen molar-refractivity contribution in [3.63, 3.8) is 0 Å². The third-order valence-corrected chi connectivity index (χ3v) is 3.06. The number of anilines is 1. The molecule has 4 N–H and O–H groups in total. The number of amides is 2. The standard InChI is InChI=1S/C17H27N3O3/c1-5-12-11-13(18)7-8-14(12)15(21)19-9-6-10-20-16(22)23-17(2,3)4/h7-8,11H,5-6,9-10,18H2,1-4H3,(H,19,21)(H,20,22). The van der Waals surface area contributed by atoms with Crippen LogP contribution in [0.5, 0.6) is 0 Å². The number of rotatable bonds is 6. The van der Waals surface area contributed by atoms with Crippen LogP contribution in [0.3, 0.4) is 0 Å². The Kier molecular flexibility index (Phi) is 6.88. The summed E-state index contributed by atoms with van der Waals surface area (Å²) in [5, 5.41) is 5.50. The molecule has 0 heterocycles. The molecule has 6 nitrogen and oxygen atoms in total. The van der Waals surface area contributed by atoms with Gasteiger partial charge in [0.1, 0.15) is 5.60 Å². The Labute approximate surface area is 137 Å². The summed E-state index contributed by atoms with van der Waals surface area (Å²) in [5.41, 5.74) is 7.44. The van der Waals surface area contributed by atoms with E-state index in [0.29, 0.717) is 30.8 Å². The molecule has 23 heavy (non-hydrogen) atoms. The van der Waals surface area contributed by atoms with E-state index in [4.69, 9.17) is 10.5 Å². The van der Waals surface area contributed by atoms with E-state index in [0.717, 1.165) is 12.0 Å². The number of aryl methyl sites for hydroxylation is 1. The first-order valence-corrected chi connectivity index (χ1v) is 7.86. The van der Waals surface area contributed by atoms with Crippen molar-refractivity contribution in [3.8, 4) is 0 Å². The van der Waals surface area contributed by atoms with Crippen LogP contribution in [0.1, 0.15) is 50.0 Å². The molecule has 0 unspecified atom stereocenters. The third kappa shape index (κ3) is 7.04. The van der Waals surface area contributed by atoms with Crippen LogP contribution in [0.15, 0.2) is 18.2 Å². The smallest absolute Gasteiger partial charge is 0.407 e. The van der Waals surface area contributed by atoms with Gasteiger partial charge in [0.05, 0.1) is 0 Å². The van der Waals surface area contributed by atoms with Crippen molar-refractivity contribution in [2.24, 2.45) is 0 Å². The Hall–Kier alpha value is -2.24. The van der Waals surface area contributed by atoms with E-state index in [1.54, 1.807) is 12.1 Å². The van der Waals surface area contributed by atoms with Crippen molar-refractivity contribution in [1.29, 1.82) is 0 Å². The molecular weight excluding hydrogens is 294 g/mol. The summed E-state index contributed by atoms with van der Waals surface area (Å²) in [6.45, 7) is 8.33. The molecule has 0 saturated carbocycles. The number of ether oxygens (including phenoxy) is 1. The highest BCUT2D eigenvalue weighted by atomic mass is 16.6. The van der Waals surface area contributed by atoms with Crippen molar-refractivity contribution in [3.05, 3.63) is 29.3 Å². The van der Waals surface area contributed by atoms with E-state index in [1.165, 1.54) is 0 Å². The van der Waals surface area contributed by atoms with Crippen LogP contribution in [-0.2, 0) is 11.2 Å². The van der Waals surface area contributed by atoms with Gasteiger partial charge in [0, 0.05) is 24.3 Å². The van der Waals surface area contributed by atoms with E-state index in [2.05, 4.69) is 10.6 Å². The predicted molar refractivity (Wildman–Crippen MR) is 91.4 cm³/mol. The lowest BCUT2D eigenvalue weighted by molar-refractivity contribution is 0.0527. The van der Waals surface area contributed by atoms with Crippen molar-refractivity contribution in [2.45, 2.75) is 46.1 Å². The SMILES string of the molecule is CCc1cc(N)ccc1C(=O)NCCCNC(=O)OC(C)(C)C. The van der Waals surface area contributed by atoms with Crippen molar-refractivity contribution < 1.29 is 14.3 Å². The van der Waals surface area contributed by atoms with Gasteiger partial charge in [0.15, 0.2) is 0 Å². The van der Waals surface area contributed by atoms with E-state index >= 15 is 0 Å². The highest BCUT2D eigenvalue weighted by Crippen LogP contribution is 2.14. The third-order valence-electron chi connectivity index (χ3n) is 3.06. The molecule has 0 spiro atoms. The lowest BCUT2D eigenvalue weighted by Gasteiger charge is -2.19. The van der Waals surface area contributed by atoms with Crippen LogP contribution in [0, 0.1) is 0 Å². The van der Waals surface area contributed by atoms with Gasteiger partial charge in [-0.1, -0.05) is 6.92 Å². The highest BCUT2D eigenvalue weighted by molar-refractivity contribution is 5.96. The summed E-state index contributed by atoms with van der Waals surface area (Å²) in [6, 6.07) is 5.28. The summed E-state index contributed by atoms with van der Waals surface area (Å²) >= 11 is 0. The highest BCUT2D eigenvalue weighted by Gasteiger charge is 2.15. The minimum Gasteiger partial charge on any atom is -0.444 e. The Morgan fingerprint density at radius 3 is 2.43 bits per heavy atom. The quantitative estimate of drug-likeness (QED) is 0.554. The summed E-state index contributed by atoms with van der Waals surface area (Å²) in [4.78, 5) is 23.6. The molecule has 0 aliphatic heterocycles. The number of nitrogens with one attached hydrogen (secondary N) is 2. The number of nitrogens with two attached hydrogens (primary N) is 1. The molecule has 2 amide bonds. The van der Waals surface area contributed by atoms with Crippen LogP contribution < -0.4 is 16.4 Å². The molecule has 1 aromatic rings. The first-order valence-electron chi connectivity index (χ1n) is 7.86. The van der Waals surface area contributed by atoms with Crippen molar-refractivity contribution in [1.82, 2.24) is 10.6 Å². The number of carbonyl (C=O) groups is 2. The van der Waals surface area contributed by atoms with Gasteiger partial charge < -0.3 is 21.1 Å². The first-order chi connectivity index (χ1) is 10.7. The lowest BCUT2D eigenvalue weighted by atomic mass is 10.0. The van der Waals surface area contributed by atoms with Crippen molar-refractivity contribution >= 4 is 17.7 Å². The number of nitrogen functional groups attached to an aromatic ring is 1. The zero-order valence-electron chi connectivity index (χ0n) is 14.4. The molecule has 0 saturated heterocycles. The summed E-state index contributed by atoms with van der Waals surface area (Å²) in [7, 11) is 0. The van der Waals surface area contributed by atoms with E-state index in [-0.39, 0.29) is 5.91 Å². The normalized spacial score (nSPS) is 11.0. The molecule has 0 aromatic heterocycles. The molecule has 128 valence electrons. The second-order valence-electron chi connectivity index (χ2n) is 6.31. The molecule has 0 aliphatic carbocycles. The van der Waals surface area contributed by atoms with Gasteiger partial charge in [-0.25, -0.2) is 4.79 Å². The van der Waals surface area contributed by atoms with Crippen LogP contribution in [0.4, 0.5) is 10.5 Å². The number of alkyl carbamates (subject to hydrolysis) is 1. The summed E-state index contributed by atoms with van der Waals surface area (Å²) < 4.78 is 5.13. The molecule has 0 radical (unpaired) electrons. The molecule has 0 atom stereocenters. The largest absolute Gasteiger partial charge is 0.444 e. The maximum atomic E-state index is 12.2. The number of carbonyl (C=O) groups excluding carboxylic acids is 2. The average Bonchev–Trinajstić information content (AvgIpc) is 2.44. The Morgan fingerprint density at radius 1 is 1.17 bits per heavy atom. The van der Waals surface area contributed by atoms with Crippen LogP contribution in [0.2, 0.25) is 0 Å². The molecule has 0 fully saturated rings. The number of benzene rings is 1.